The van der Waals surface area contributed by atoms with E-state index in [2.05, 4.69) is 43.6 Å². The average Bonchev–Trinajstić information content (AvgIpc) is 3.07. The summed E-state index contributed by atoms with van der Waals surface area (Å²) < 4.78 is 0. The number of hydrogen-bond acceptors (Lipinski definition) is 5. The predicted molar refractivity (Wildman–Crippen MR) is 149 cm³/mol. The molecule has 7 N–H and O–H groups in total. The van der Waals surface area contributed by atoms with E-state index in [4.69, 9.17) is 11.5 Å². The summed E-state index contributed by atoms with van der Waals surface area (Å²) in [6.07, 6.45) is 12.6. The third-order valence-electron chi connectivity index (χ3n) is 11.7. The molecule has 0 aromatic carbocycles. The maximum Gasteiger partial charge on any atom is 0.00772 e. The highest BCUT2D eigenvalue weighted by Crippen LogP contribution is 2.70. The lowest BCUT2D eigenvalue weighted by atomic mass is 9.41. The lowest BCUT2D eigenvalue weighted by molar-refractivity contribution is -0.148. The first-order valence-corrected chi connectivity index (χ1v) is 15.4. The highest BCUT2D eigenvalue weighted by molar-refractivity contribution is 5.12. The van der Waals surface area contributed by atoms with Crippen LogP contribution in [0.2, 0.25) is 0 Å². The van der Waals surface area contributed by atoms with Crippen LogP contribution in [0.15, 0.2) is 0 Å². The van der Waals surface area contributed by atoms with Gasteiger partial charge in [0.1, 0.15) is 0 Å². The number of fused-ring (bicyclic) bond motifs is 5. The number of nitrogens with two attached hydrogens (primary N) is 2. The van der Waals surface area contributed by atoms with Gasteiger partial charge in [0.15, 0.2) is 0 Å². The van der Waals surface area contributed by atoms with Crippen molar-refractivity contribution in [2.75, 3.05) is 45.8 Å². The van der Waals surface area contributed by atoms with E-state index in [0.29, 0.717) is 16.9 Å². The second kappa shape index (κ2) is 12.1. The van der Waals surface area contributed by atoms with Gasteiger partial charge in [0.05, 0.1) is 0 Å². The Morgan fingerprint density at radius 2 is 1.46 bits per heavy atom. The number of hydrogen-bond donors (Lipinski definition) is 5. The Labute approximate surface area is 217 Å². The highest BCUT2D eigenvalue weighted by atomic mass is 15.0. The van der Waals surface area contributed by atoms with Gasteiger partial charge in [0.2, 0.25) is 0 Å². The molecular formula is C30H59N5. The maximum atomic E-state index is 6.45. The van der Waals surface area contributed by atoms with Gasteiger partial charge in [-0.3, -0.25) is 0 Å². The van der Waals surface area contributed by atoms with Crippen LogP contribution in [0.5, 0.6) is 0 Å². The quantitative estimate of drug-likeness (QED) is 0.268. The minimum absolute atomic E-state index is 0.463. The first-order valence-electron chi connectivity index (χ1n) is 15.4. The second-order valence-electron chi connectivity index (χ2n) is 13.8. The van der Waals surface area contributed by atoms with E-state index in [0.717, 1.165) is 80.7 Å². The zero-order valence-electron chi connectivity index (χ0n) is 23.6. The summed E-state index contributed by atoms with van der Waals surface area (Å²) >= 11 is 0. The van der Waals surface area contributed by atoms with Gasteiger partial charge < -0.3 is 27.4 Å². The molecule has 0 radical (unpaired) electrons. The van der Waals surface area contributed by atoms with Gasteiger partial charge in [-0.1, -0.05) is 27.7 Å². The maximum absolute atomic E-state index is 6.45. The Morgan fingerprint density at radius 1 is 0.771 bits per heavy atom. The molecule has 4 fully saturated rings. The standard InChI is InChI=1S/C30H59N5/c1-21-18-27-25(6-5-12-33-14-16-35-17-15-34-13-11-31)22(2)20-30(27,4)26-8-7-23-19-24(32)9-10-29(23,3)28(21)26/h21-28,33-35H,5-20,31-32H2,1-4H3. The van der Waals surface area contributed by atoms with E-state index in [1.54, 1.807) is 0 Å². The largest absolute Gasteiger partial charge is 0.329 e. The Balaban J connectivity index is 1.26. The molecule has 5 heteroatoms. The fraction of sp³-hybridized carbons (Fsp3) is 1.00. The molecule has 0 bridgehead atoms. The molecule has 4 aliphatic rings. The van der Waals surface area contributed by atoms with Gasteiger partial charge in [-0.2, -0.15) is 0 Å². The lowest BCUT2D eigenvalue weighted by Gasteiger charge is -2.64. The van der Waals surface area contributed by atoms with Crippen LogP contribution in [0, 0.1) is 52.3 Å². The van der Waals surface area contributed by atoms with Crippen molar-refractivity contribution < 1.29 is 0 Å². The van der Waals surface area contributed by atoms with E-state index < -0.39 is 0 Å². The average molecular weight is 490 g/mol. The molecular weight excluding hydrogens is 430 g/mol. The van der Waals surface area contributed by atoms with Crippen molar-refractivity contribution in [2.24, 2.45) is 63.7 Å². The summed E-state index contributed by atoms with van der Waals surface area (Å²) in [5.74, 6) is 6.42. The molecule has 204 valence electrons. The summed E-state index contributed by atoms with van der Waals surface area (Å²) in [7, 11) is 0. The Bertz CT molecular complexity index is 657. The normalized spacial score (nSPS) is 45.1. The molecule has 4 aliphatic carbocycles. The van der Waals surface area contributed by atoms with Crippen molar-refractivity contribution in [3.8, 4) is 0 Å². The summed E-state index contributed by atoms with van der Waals surface area (Å²) in [5.41, 5.74) is 13.1. The van der Waals surface area contributed by atoms with E-state index in [9.17, 15) is 0 Å². The van der Waals surface area contributed by atoms with Crippen molar-refractivity contribution in [1.82, 2.24) is 16.0 Å². The van der Waals surface area contributed by atoms with Crippen molar-refractivity contribution >= 4 is 0 Å². The lowest BCUT2D eigenvalue weighted by Crippen LogP contribution is -2.58. The van der Waals surface area contributed by atoms with E-state index in [-0.39, 0.29) is 0 Å². The van der Waals surface area contributed by atoms with E-state index in [1.165, 1.54) is 64.3 Å². The summed E-state index contributed by atoms with van der Waals surface area (Å²) in [6.45, 7) is 17.6. The molecule has 10 unspecified atom stereocenters. The van der Waals surface area contributed by atoms with Crippen LogP contribution in [0.1, 0.15) is 85.5 Å². The Kier molecular flexibility index (Phi) is 9.63. The van der Waals surface area contributed by atoms with Crippen molar-refractivity contribution in [2.45, 2.75) is 91.5 Å². The predicted octanol–water partition coefficient (Wildman–Crippen LogP) is 3.97. The van der Waals surface area contributed by atoms with Crippen molar-refractivity contribution in [3.05, 3.63) is 0 Å². The molecule has 0 amide bonds. The molecule has 4 saturated carbocycles. The van der Waals surface area contributed by atoms with Crippen LogP contribution >= 0.6 is 0 Å². The van der Waals surface area contributed by atoms with Gasteiger partial charge in [-0.15, -0.1) is 0 Å². The van der Waals surface area contributed by atoms with Gasteiger partial charge in [0.25, 0.3) is 0 Å². The molecule has 35 heavy (non-hydrogen) atoms. The van der Waals surface area contributed by atoms with Crippen LogP contribution in [0.25, 0.3) is 0 Å². The van der Waals surface area contributed by atoms with E-state index in [1.807, 2.05) is 0 Å². The highest BCUT2D eigenvalue weighted by Gasteiger charge is 2.63. The SMILES string of the molecule is CC1CC2(C)C(CC(C)C3C2CCC2CC(N)CCC23C)C1CCCNCCNCCNCCN. The first kappa shape index (κ1) is 27.8. The minimum Gasteiger partial charge on any atom is -0.329 e. The summed E-state index contributed by atoms with van der Waals surface area (Å²) in [4.78, 5) is 0. The Hall–Kier alpha value is -0.200. The topological polar surface area (TPSA) is 88.1 Å². The molecule has 0 heterocycles. The van der Waals surface area contributed by atoms with Crippen LogP contribution < -0.4 is 27.4 Å². The van der Waals surface area contributed by atoms with Crippen LogP contribution in [0.3, 0.4) is 0 Å². The zero-order valence-corrected chi connectivity index (χ0v) is 23.6. The Morgan fingerprint density at radius 3 is 2.17 bits per heavy atom. The van der Waals surface area contributed by atoms with Gasteiger partial charge in [-0.25, -0.2) is 0 Å². The molecule has 5 nitrogen and oxygen atoms in total. The van der Waals surface area contributed by atoms with Gasteiger partial charge >= 0.3 is 0 Å². The molecule has 0 aliphatic heterocycles. The third-order valence-corrected chi connectivity index (χ3v) is 11.7. The molecule has 0 aromatic heterocycles. The number of rotatable bonds is 12. The molecule has 10 atom stereocenters. The van der Waals surface area contributed by atoms with Crippen LogP contribution in [-0.2, 0) is 0 Å². The smallest absolute Gasteiger partial charge is 0.00772 e. The third kappa shape index (κ3) is 5.79. The zero-order chi connectivity index (χ0) is 25.1. The number of nitrogens with one attached hydrogen (secondary N) is 3. The van der Waals surface area contributed by atoms with Gasteiger partial charge in [0, 0.05) is 45.3 Å². The molecule has 0 aromatic rings. The van der Waals surface area contributed by atoms with E-state index >= 15 is 0 Å². The molecule has 0 saturated heterocycles. The summed E-state index contributed by atoms with van der Waals surface area (Å²) in [5, 5.41) is 10.5. The minimum atomic E-state index is 0.463. The van der Waals surface area contributed by atoms with Crippen LogP contribution in [-0.4, -0.2) is 51.9 Å². The van der Waals surface area contributed by atoms with Gasteiger partial charge in [-0.05, 0) is 117 Å². The van der Waals surface area contributed by atoms with Crippen LogP contribution in [0.4, 0.5) is 0 Å². The van der Waals surface area contributed by atoms with Crippen molar-refractivity contribution in [1.29, 1.82) is 0 Å². The second-order valence-corrected chi connectivity index (χ2v) is 13.8. The molecule has 4 rings (SSSR count). The fourth-order valence-electron chi connectivity index (χ4n) is 10.2. The summed E-state index contributed by atoms with van der Waals surface area (Å²) in [6, 6.07) is 0.463. The fourth-order valence-corrected chi connectivity index (χ4v) is 10.2. The first-order chi connectivity index (χ1) is 16.8. The van der Waals surface area contributed by atoms with Crippen molar-refractivity contribution in [3.63, 3.8) is 0 Å². The molecule has 0 spiro atoms. The monoisotopic (exact) mass is 489 g/mol.